The van der Waals surface area contributed by atoms with Gasteiger partial charge in [0.05, 0.1) is 18.8 Å². The van der Waals surface area contributed by atoms with E-state index in [2.05, 4.69) is 5.10 Å². The standard InChI is InChI=1S/C13H18ClN3O3/c1-8-6-16(7-9(2)20-8)12(18)11-10(14)13-17(15-11)4-3-5-19-13/h8-9H,3-7H2,1-2H3. The van der Waals surface area contributed by atoms with Gasteiger partial charge in [-0.2, -0.15) is 5.10 Å². The van der Waals surface area contributed by atoms with Crippen LogP contribution in [0.1, 0.15) is 30.8 Å². The summed E-state index contributed by atoms with van der Waals surface area (Å²) >= 11 is 6.24. The number of rotatable bonds is 1. The summed E-state index contributed by atoms with van der Waals surface area (Å²) in [5.74, 6) is 0.359. The highest BCUT2D eigenvalue weighted by Crippen LogP contribution is 2.31. The predicted molar refractivity (Wildman–Crippen MR) is 73.3 cm³/mol. The Labute approximate surface area is 122 Å². The van der Waals surface area contributed by atoms with E-state index < -0.39 is 0 Å². The summed E-state index contributed by atoms with van der Waals surface area (Å²) in [5, 5.41) is 4.62. The first kappa shape index (κ1) is 13.7. The Balaban J connectivity index is 1.85. The summed E-state index contributed by atoms with van der Waals surface area (Å²) in [6, 6.07) is 0. The summed E-state index contributed by atoms with van der Waals surface area (Å²) < 4.78 is 12.8. The van der Waals surface area contributed by atoms with Gasteiger partial charge < -0.3 is 14.4 Å². The largest absolute Gasteiger partial charge is 0.477 e. The lowest BCUT2D eigenvalue weighted by Crippen LogP contribution is -2.48. The van der Waals surface area contributed by atoms with E-state index in [0.29, 0.717) is 30.6 Å². The van der Waals surface area contributed by atoms with Crippen molar-refractivity contribution in [2.45, 2.75) is 39.0 Å². The highest BCUT2D eigenvalue weighted by Gasteiger charge is 2.32. The van der Waals surface area contributed by atoms with Crippen LogP contribution in [0.15, 0.2) is 0 Å². The number of amides is 1. The molecule has 3 rings (SSSR count). The van der Waals surface area contributed by atoms with E-state index in [4.69, 9.17) is 21.1 Å². The molecular formula is C13H18ClN3O3. The Morgan fingerprint density at radius 2 is 2.05 bits per heavy atom. The first-order valence-electron chi connectivity index (χ1n) is 6.90. The average molecular weight is 300 g/mol. The summed E-state index contributed by atoms with van der Waals surface area (Å²) in [4.78, 5) is 14.3. The van der Waals surface area contributed by atoms with Crippen molar-refractivity contribution in [2.24, 2.45) is 0 Å². The number of carbonyl (C=O) groups excluding carboxylic acids is 1. The van der Waals surface area contributed by atoms with E-state index in [-0.39, 0.29) is 23.8 Å². The van der Waals surface area contributed by atoms with Crippen LogP contribution in [0.5, 0.6) is 5.88 Å². The van der Waals surface area contributed by atoms with Crippen molar-refractivity contribution in [1.29, 1.82) is 0 Å². The molecule has 2 aliphatic rings. The molecule has 110 valence electrons. The molecule has 1 aromatic heterocycles. The van der Waals surface area contributed by atoms with Gasteiger partial charge in [0.25, 0.3) is 5.91 Å². The van der Waals surface area contributed by atoms with Crippen LogP contribution in [-0.4, -0.2) is 52.5 Å². The van der Waals surface area contributed by atoms with Crippen molar-refractivity contribution >= 4 is 17.5 Å². The quantitative estimate of drug-likeness (QED) is 0.790. The van der Waals surface area contributed by atoms with Gasteiger partial charge >= 0.3 is 0 Å². The fourth-order valence-corrected chi connectivity index (χ4v) is 3.00. The number of hydrogen-bond donors (Lipinski definition) is 0. The molecule has 0 aromatic carbocycles. The number of hydrogen-bond acceptors (Lipinski definition) is 4. The Bertz CT molecular complexity index is 521. The van der Waals surface area contributed by atoms with Gasteiger partial charge in [-0.1, -0.05) is 11.6 Å². The van der Waals surface area contributed by atoms with Crippen LogP contribution in [0.2, 0.25) is 5.02 Å². The van der Waals surface area contributed by atoms with Crippen molar-refractivity contribution < 1.29 is 14.3 Å². The van der Waals surface area contributed by atoms with Crippen molar-refractivity contribution in [3.8, 4) is 5.88 Å². The molecule has 1 aromatic rings. The van der Waals surface area contributed by atoms with Gasteiger partial charge in [0, 0.05) is 26.1 Å². The fraction of sp³-hybridized carbons (Fsp3) is 0.692. The maximum atomic E-state index is 12.6. The summed E-state index contributed by atoms with van der Waals surface area (Å²) in [5.41, 5.74) is 0.282. The van der Waals surface area contributed by atoms with E-state index in [1.54, 1.807) is 9.58 Å². The zero-order valence-electron chi connectivity index (χ0n) is 11.6. The van der Waals surface area contributed by atoms with Gasteiger partial charge in [0.2, 0.25) is 5.88 Å². The minimum absolute atomic E-state index is 0.0231. The number of fused-ring (bicyclic) bond motifs is 1. The zero-order valence-corrected chi connectivity index (χ0v) is 12.4. The van der Waals surface area contributed by atoms with Gasteiger partial charge in [0.15, 0.2) is 5.69 Å². The monoisotopic (exact) mass is 299 g/mol. The minimum atomic E-state index is -0.150. The van der Waals surface area contributed by atoms with Gasteiger partial charge in [-0.25, -0.2) is 4.68 Å². The lowest BCUT2D eigenvalue weighted by molar-refractivity contribution is -0.0587. The van der Waals surface area contributed by atoms with E-state index in [0.717, 1.165) is 13.0 Å². The highest BCUT2D eigenvalue weighted by molar-refractivity contribution is 6.34. The molecule has 0 aliphatic carbocycles. The molecule has 0 radical (unpaired) electrons. The highest BCUT2D eigenvalue weighted by atomic mass is 35.5. The van der Waals surface area contributed by atoms with E-state index in [1.807, 2.05) is 13.8 Å². The molecule has 7 heteroatoms. The Morgan fingerprint density at radius 3 is 2.70 bits per heavy atom. The maximum absolute atomic E-state index is 12.6. The number of aromatic nitrogens is 2. The predicted octanol–water partition coefficient (Wildman–Crippen LogP) is 1.57. The minimum Gasteiger partial charge on any atom is -0.477 e. The third-order valence-corrected chi connectivity index (χ3v) is 3.85. The second kappa shape index (κ2) is 5.26. The zero-order chi connectivity index (χ0) is 14.3. The van der Waals surface area contributed by atoms with Crippen molar-refractivity contribution in [2.75, 3.05) is 19.7 Å². The number of aryl methyl sites for hydroxylation is 1. The third kappa shape index (κ3) is 2.38. The number of nitrogens with zero attached hydrogens (tertiary/aromatic N) is 3. The molecule has 0 bridgehead atoms. The van der Waals surface area contributed by atoms with Crippen molar-refractivity contribution in [3.63, 3.8) is 0 Å². The number of morpholine rings is 1. The van der Waals surface area contributed by atoms with Gasteiger partial charge in [-0.05, 0) is 13.8 Å². The van der Waals surface area contributed by atoms with Crippen molar-refractivity contribution in [3.05, 3.63) is 10.7 Å². The first-order chi connectivity index (χ1) is 9.56. The van der Waals surface area contributed by atoms with E-state index in [1.165, 1.54) is 0 Å². The van der Waals surface area contributed by atoms with Crippen LogP contribution in [0.25, 0.3) is 0 Å². The fourth-order valence-electron chi connectivity index (χ4n) is 2.73. The molecule has 0 N–H and O–H groups in total. The smallest absolute Gasteiger partial charge is 0.276 e. The molecule has 1 amide bonds. The SMILES string of the molecule is CC1CN(C(=O)c2nn3c(c2Cl)OCCC3)CC(C)O1. The van der Waals surface area contributed by atoms with Crippen LogP contribution in [0.4, 0.5) is 0 Å². The average Bonchev–Trinajstić information content (AvgIpc) is 2.75. The normalized spacial score (nSPS) is 26.1. The Kier molecular flexibility index (Phi) is 3.60. The van der Waals surface area contributed by atoms with Gasteiger partial charge in [0.1, 0.15) is 5.02 Å². The molecule has 3 heterocycles. The maximum Gasteiger partial charge on any atom is 0.276 e. The van der Waals surface area contributed by atoms with Crippen LogP contribution < -0.4 is 4.74 Å². The second-order valence-electron chi connectivity index (χ2n) is 5.36. The lowest BCUT2D eigenvalue weighted by Gasteiger charge is -2.34. The summed E-state index contributed by atoms with van der Waals surface area (Å²) in [6.07, 6.45) is 0.925. The van der Waals surface area contributed by atoms with Crippen LogP contribution in [0, 0.1) is 0 Å². The molecule has 2 aliphatic heterocycles. The lowest BCUT2D eigenvalue weighted by atomic mass is 10.2. The van der Waals surface area contributed by atoms with Crippen LogP contribution in [-0.2, 0) is 11.3 Å². The molecule has 0 saturated carbocycles. The Hall–Kier alpha value is -1.27. The summed E-state index contributed by atoms with van der Waals surface area (Å²) in [7, 11) is 0. The van der Waals surface area contributed by atoms with E-state index >= 15 is 0 Å². The molecule has 6 nitrogen and oxygen atoms in total. The summed E-state index contributed by atoms with van der Waals surface area (Å²) in [6.45, 7) is 6.38. The third-order valence-electron chi connectivity index (χ3n) is 3.51. The van der Waals surface area contributed by atoms with Gasteiger partial charge in [-0.3, -0.25) is 4.79 Å². The second-order valence-corrected chi connectivity index (χ2v) is 5.74. The number of ether oxygens (including phenoxy) is 2. The molecule has 1 fully saturated rings. The van der Waals surface area contributed by atoms with Crippen LogP contribution in [0.3, 0.4) is 0 Å². The Morgan fingerprint density at radius 1 is 1.35 bits per heavy atom. The topological polar surface area (TPSA) is 56.6 Å². The molecule has 20 heavy (non-hydrogen) atoms. The molecule has 1 saturated heterocycles. The molecule has 2 atom stereocenters. The molecule has 0 spiro atoms. The molecule has 2 unspecified atom stereocenters. The van der Waals surface area contributed by atoms with Crippen molar-refractivity contribution in [1.82, 2.24) is 14.7 Å². The van der Waals surface area contributed by atoms with E-state index in [9.17, 15) is 4.79 Å². The van der Waals surface area contributed by atoms with Crippen LogP contribution >= 0.6 is 11.6 Å². The van der Waals surface area contributed by atoms with Gasteiger partial charge in [-0.15, -0.1) is 0 Å². The number of halogens is 1. The molecular weight excluding hydrogens is 282 g/mol. The number of carbonyl (C=O) groups is 1. The first-order valence-corrected chi connectivity index (χ1v) is 7.28.